The van der Waals surface area contributed by atoms with Crippen LogP contribution >= 0.6 is 0 Å². The summed E-state index contributed by atoms with van der Waals surface area (Å²) in [5.41, 5.74) is -0.125. The maximum absolute atomic E-state index is 5.93. The lowest BCUT2D eigenvalue weighted by Crippen LogP contribution is -2.51. The number of methoxy groups -OCH3 is 1. The Hall–Kier alpha value is -1.30. The number of para-hydroxylation sites is 2. The number of rotatable bonds is 7. The molecule has 0 radical (unpaired) electrons. The van der Waals surface area contributed by atoms with Crippen LogP contribution in [0.3, 0.4) is 0 Å². The van der Waals surface area contributed by atoms with Crippen molar-refractivity contribution in [1.82, 2.24) is 5.32 Å². The topological polar surface area (TPSA) is 49.0 Å². The summed E-state index contributed by atoms with van der Waals surface area (Å²) in [5, 5.41) is 3.35. The minimum Gasteiger partial charge on any atom is -0.493 e. The molecule has 1 heterocycles. The lowest BCUT2D eigenvalue weighted by Gasteiger charge is -2.36. The Labute approximate surface area is 126 Å². The van der Waals surface area contributed by atoms with Gasteiger partial charge in [0.05, 0.1) is 32.0 Å². The molecule has 5 heteroatoms. The van der Waals surface area contributed by atoms with Crippen molar-refractivity contribution >= 4 is 0 Å². The average molecular weight is 295 g/mol. The van der Waals surface area contributed by atoms with Gasteiger partial charge in [-0.05, 0) is 26.0 Å². The van der Waals surface area contributed by atoms with E-state index in [-0.39, 0.29) is 11.7 Å². The molecule has 0 spiro atoms. The molecule has 21 heavy (non-hydrogen) atoms. The van der Waals surface area contributed by atoms with Crippen molar-refractivity contribution in [2.75, 3.05) is 40.0 Å². The van der Waals surface area contributed by atoms with Crippen molar-refractivity contribution in [1.29, 1.82) is 0 Å². The summed E-state index contributed by atoms with van der Waals surface area (Å²) < 4.78 is 22.4. The maximum atomic E-state index is 5.93. The molecule has 2 rings (SSSR count). The first kappa shape index (κ1) is 16.1. The van der Waals surface area contributed by atoms with E-state index in [2.05, 4.69) is 19.2 Å². The van der Waals surface area contributed by atoms with Gasteiger partial charge in [-0.15, -0.1) is 0 Å². The highest BCUT2D eigenvalue weighted by Gasteiger charge is 2.28. The highest BCUT2D eigenvalue weighted by Crippen LogP contribution is 2.25. The zero-order valence-electron chi connectivity index (χ0n) is 13.1. The van der Waals surface area contributed by atoms with Crippen molar-refractivity contribution in [2.45, 2.75) is 25.6 Å². The number of hydrogen-bond acceptors (Lipinski definition) is 5. The van der Waals surface area contributed by atoms with Gasteiger partial charge < -0.3 is 24.3 Å². The fraction of sp³-hybridized carbons (Fsp3) is 0.625. The van der Waals surface area contributed by atoms with Gasteiger partial charge in [-0.3, -0.25) is 0 Å². The molecule has 1 aromatic carbocycles. The number of hydrogen-bond donors (Lipinski definition) is 1. The minimum atomic E-state index is -0.125. The van der Waals surface area contributed by atoms with E-state index in [9.17, 15) is 0 Å². The SMILES string of the molecule is COc1ccccc1OCCOCC1CNCC(C)(C)O1. The van der Waals surface area contributed by atoms with Gasteiger partial charge in [-0.2, -0.15) is 0 Å². The van der Waals surface area contributed by atoms with Crippen molar-refractivity contribution in [3.05, 3.63) is 24.3 Å². The van der Waals surface area contributed by atoms with E-state index in [1.165, 1.54) is 0 Å². The third-order valence-corrected chi connectivity index (χ3v) is 3.27. The van der Waals surface area contributed by atoms with Crippen LogP contribution in [0.2, 0.25) is 0 Å². The minimum absolute atomic E-state index is 0.0972. The lowest BCUT2D eigenvalue weighted by molar-refractivity contribution is -0.121. The highest BCUT2D eigenvalue weighted by atomic mass is 16.6. The predicted octanol–water partition coefficient (Wildman–Crippen LogP) is 1.86. The number of morpholine rings is 1. The van der Waals surface area contributed by atoms with E-state index in [4.69, 9.17) is 18.9 Å². The molecule has 0 amide bonds. The lowest BCUT2D eigenvalue weighted by atomic mass is 10.1. The van der Waals surface area contributed by atoms with Gasteiger partial charge in [0, 0.05) is 13.1 Å². The summed E-state index contributed by atoms with van der Waals surface area (Å²) in [7, 11) is 1.63. The molecule has 1 aromatic rings. The number of benzene rings is 1. The van der Waals surface area contributed by atoms with Crippen molar-refractivity contribution in [3.8, 4) is 11.5 Å². The van der Waals surface area contributed by atoms with Gasteiger partial charge >= 0.3 is 0 Å². The van der Waals surface area contributed by atoms with Gasteiger partial charge in [-0.1, -0.05) is 12.1 Å². The smallest absolute Gasteiger partial charge is 0.161 e. The van der Waals surface area contributed by atoms with Gasteiger partial charge in [0.15, 0.2) is 11.5 Å². The Balaban J connectivity index is 1.64. The molecule has 0 aliphatic carbocycles. The normalized spacial score (nSPS) is 21.0. The van der Waals surface area contributed by atoms with E-state index < -0.39 is 0 Å². The fourth-order valence-corrected chi connectivity index (χ4v) is 2.33. The molecule has 1 atom stereocenters. The Bertz CT molecular complexity index is 436. The van der Waals surface area contributed by atoms with Crippen LogP contribution in [0.1, 0.15) is 13.8 Å². The summed E-state index contributed by atoms with van der Waals surface area (Å²) in [4.78, 5) is 0. The van der Waals surface area contributed by atoms with Crippen LogP contribution in [0.4, 0.5) is 0 Å². The largest absolute Gasteiger partial charge is 0.493 e. The summed E-state index contributed by atoms with van der Waals surface area (Å²) in [5.74, 6) is 1.47. The van der Waals surface area contributed by atoms with Gasteiger partial charge in [0.1, 0.15) is 6.61 Å². The average Bonchev–Trinajstić information content (AvgIpc) is 2.46. The first-order chi connectivity index (χ1) is 10.1. The Morgan fingerprint density at radius 2 is 2.00 bits per heavy atom. The third-order valence-electron chi connectivity index (χ3n) is 3.27. The molecular formula is C16H25NO4. The second-order valence-electron chi connectivity index (χ2n) is 5.70. The zero-order valence-corrected chi connectivity index (χ0v) is 13.1. The fourth-order valence-electron chi connectivity index (χ4n) is 2.33. The third kappa shape index (κ3) is 5.19. The summed E-state index contributed by atoms with van der Waals surface area (Å²) in [6.07, 6.45) is 0.0972. The standard InChI is InChI=1S/C16H25NO4/c1-16(2)12-17-10-13(21-16)11-19-8-9-20-15-7-5-4-6-14(15)18-3/h4-7,13,17H,8-12H2,1-3H3. The van der Waals surface area contributed by atoms with Crippen LogP contribution < -0.4 is 14.8 Å². The molecule has 1 fully saturated rings. The van der Waals surface area contributed by atoms with Crippen LogP contribution in [-0.2, 0) is 9.47 Å². The molecule has 0 aromatic heterocycles. The molecule has 1 N–H and O–H groups in total. The molecule has 0 saturated carbocycles. The van der Waals surface area contributed by atoms with E-state index in [1.54, 1.807) is 7.11 Å². The Kier molecular flexibility index (Phi) is 5.85. The molecule has 1 aliphatic heterocycles. The van der Waals surface area contributed by atoms with Crippen LogP contribution in [-0.4, -0.2) is 51.7 Å². The van der Waals surface area contributed by atoms with Crippen molar-refractivity contribution in [2.24, 2.45) is 0 Å². The maximum Gasteiger partial charge on any atom is 0.161 e. The van der Waals surface area contributed by atoms with E-state index in [0.717, 1.165) is 24.6 Å². The molecule has 5 nitrogen and oxygen atoms in total. The van der Waals surface area contributed by atoms with Gasteiger partial charge in [0.25, 0.3) is 0 Å². The molecule has 1 unspecified atom stereocenters. The number of nitrogens with one attached hydrogen (secondary N) is 1. The number of ether oxygens (including phenoxy) is 4. The molecule has 118 valence electrons. The van der Waals surface area contributed by atoms with Crippen LogP contribution in [0.25, 0.3) is 0 Å². The molecular weight excluding hydrogens is 270 g/mol. The van der Waals surface area contributed by atoms with Crippen molar-refractivity contribution in [3.63, 3.8) is 0 Å². The molecule has 1 aliphatic rings. The quantitative estimate of drug-likeness (QED) is 0.778. The Morgan fingerprint density at radius 3 is 2.71 bits per heavy atom. The van der Waals surface area contributed by atoms with Crippen LogP contribution in [0.5, 0.6) is 11.5 Å². The Morgan fingerprint density at radius 1 is 1.24 bits per heavy atom. The molecule has 0 bridgehead atoms. The van der Waals surface area contributed by atoms with E-state index in [0.29, 0.717) is 19.8 Å². The summed E-state index contributed by atoms with van der Waals surface area (Å²) >= 11 is 0. The van der Waals surface area contributed by atoms with Gasteiger partial charge in [0.2, 0.25) is 0 Å². The van der Waals surface area contributed by atoms with Crippen LogP contribution in [0, 0.1) is 0 Å². The highest BCUT2D eigenvalue weighted by molar-refractivity contribution is 5.39. The monoisotopic (exact) mass is 295 g/mol. The van der Waals surface area contributed by atoms with Gasteiger partial charge in [-0.25, -0.2) is 0 Å². The zero-order chi connectivity index (χ0) is 15.1. The van der Waals surface area contributed by atoms with Crippen LogP contribution in [0.15, 0.2) is 24.3 Å². The first-order valence-corrected chi connectivity index (χ1v) is 7.33. The van der Waals surface area contributed by atoms with E-state index in [1.807, 2.05) is 24.3 Å². The van der Waals surface area contributed by atoms with E-state index >= 15 is 0 Å². The first-order valence-electron chi connectivity index (χ1n) is 7.33. The predicted molar refractivity (Wildman–Crippen MR) is 81.1 cm³/mol. The van der Waals surface area contributed by atoms with Crippen molar-refractivity contribution < 1.29 is 18.9 Å². The molecule has 1 saturated heterocycles. The second kappa shape index (κ2) is 7.64. The summed E-state index contributed by atoms with van der Waals surface area (Å²) in [6, 6.07) is 7.59. The second-order valence-corrected chi connectivity index (χ2v) is 5.70. The summed E-state index contributed by atoms with van der Waals surface area (Å²) in [6.45, 7) is 7.46.